The number of imide groups is 1. The van der Waals surface area contributed by atoms with E-state index in [1.807, 2.05) is 13.8 Å². The number of hydrogen-bond acceptors (Lipinski definition) is 3. The summed E-state index contributed by atoms with van der Waals surface area (Å²) in [6.07, 6.45) is 2.08. The van der Waals surface area contributed by atoms with Gasteiger partial charge in [0.05, 0.1) is 17.9 Å². The first-order valence-corrected chi connectivity index (χ1v) is 6.40. The highest BCUT2D eigenvalue weighted by molar-refractivity contribution is 6.10. The Balaban J connectivity index is 1.81. The fraction of sp³-hybridized carbons (Fsp3) is 0.846. The number of aliphatic hydroxyl groups is 1. The van der Waals surface area contributed by atoms with E-state index in [9.17, 15) is 9.59 Å². The Morgan fingerprint density at radius 1 is 1.24 bits per heavy atom. The van der Waals surface area contributed by atoms with Crippen LogP contribution in [0.5, 0.6) is 0 Å². The first-order chi connectivity index (χ1) is 7.87. The molecule has 2 fully saturated rings. The molecule has 1 heterocycles. The summed E-state index contributed by atoms with van der Waals surface area (Å²) in [5.41, 5.74) is -0.107. The fourth-order valence-electron chi connectivity index (χ4n) is 2.93. The number of amides is 2. The molecule has 0 aromatic rings. The molecule has 4 heteroatoms. The SMILES string of the molecule is CC(O)CCCCN1C(=O)C2C(C1=O)C2(C)C. The van der Waals surface area contributed by atoms with Gasteiger partial charge in [-0.1, -0.05) is 13.8 Å². The zero-order chi connectivity index (χ0) is 12.8. The van der Waals surface area contributed by atoms with Crippen molar-refractivity contribution in [2.45, 2.75) is 46.1 Å². The van der Waals surface area contributed by atoms with Crippen molar-refractivity contribution < 1.29 is 14.7 Å². The average molecular weight is 239 g/mol. The molecular formula is C13H21NO3. The highest BCUT2D eigenvalue weighted by atomic mass is 16.3. The number of likely N-dealkylation sites (tertiary alicyclic amines) is 1. The van der Waals surface area contributed by atoms with Crippen molar-refractivity contribution in [1.29, 1.82) is 0 Å². The van der Waals surface area contributed by atoms with E-state index in [4.69, 9.17) is 5.11 Å². The van der Waals surface area contributed by atoms with Gasteiger partial charge >= 0.3 is 0 Å². The standard InChI is InChI=1S/C13H21NO3/c1-8(15)6-4-5-7-14-11(16)9-10(12(14)17)13(9,2)3/h8-10,15H,4-7H2,1-3H3. The number of unbranched alkanes of at least 4 members (excludes halogenated alkanes) is 1. The number of carbonyl (C=O) groups is 2. The van der Waals surface area contributed by atoms with E-state index >= 15 is 0 Å². The van der Waals surface area contributed by atoms with Crippen LogP contribution >= 0.6 is 0 Å². The zero-order valence-electron chi connectivity index (χ0n) is 10.8. The normalized spacial score (nSPS) is 31.6. The van der Waals surface area contributed by atoms with Gasteiger partial charge in [0.1, 0.15) is 0 Å². The van der Waals surface area contributed by atoms with Gasteiger partial charge in [-0.25, -0.2) is 0 Å². The predicted molar refractivity (Wildman–Crippen MR) is 63.0 cm³/mol. The topological polar surface area (TPSA) is 57.6 Å². The molecule has 1 saturated heterocycles. The molecule has 1 N–H and O–H groups in total. The molecule has 0 aromatic heterocycles. The lowest BCUT2D eigenvalue weighted by atomic mass is 10.1. The second-order valence-corrected chi connectivity index (χ2v) is 5.95. The van der Waals surface area contributed by atoms with Crippen molar-refractivity contribution in [3.05, 3.63) is 0 Å². The van der Waals surface area contributed by atoms with E-state index < -0.39 is 0 Å². The maximum Gasteiger partial charge on any atom is 0.233 e. The van der Waals surface area contributed by atoms with Crippen molar-refractivity contribution in [2.75, 3.05) is 6.54 Å². The van der Waals surface area contributed by atoms with Crippen LogP contribution in [0.4, 0.5) is 0 Å². The summed E-state index contributed by atoms with van der Waals surface area (Å²) in [4.78, 5) is 25.3. The van der Waals surface area contributed by atoms with Crippen LogP contribution in [0.1, 0.15) is 40.0 Å². The Kier molecular flexibility index (Phi) is 3.02. The minimum Gasteiger partial charge on any atom is -0.393 e. The van der Waals surface area contributed by atoms with E-state index in [2.05, 4.69) is 0 Å². The zero-order valence-corrected chi connectivity index (χ0v) is 10.8. The Morgan fingerprint density at radius 2 is 1.76 bits per heavy atom. The van der Waals surface area contributed by atoms with Crippen LogP contribution in [0.3, 0.4) is 0 Å². The molecule has 2 rings (SSSR count). The van der Waals surface area contributed by atoms with E-state index in [1.165, 1.54) is 4.90 Å². The molecule has 0 radical (unpaired) electrons. The maximum absolute atomic E-state index is 12.0. The summed E-state index contributed by atoms with van der Waals surface area (Å²) in [6, 6.07) is 0. The molecule has 0 spiro atoms. The van der Waals surface area contributed by atoms with Crippen molar-refractivity contribution in [3.63, 3.8) is 0 Å². The molecule has 0 bridgehead atoms. The second-order valence-electron chi connectivity index (χ2n) is 5.95. The molecule has 17 heavy (non-hydrogen) atoms. The molecule has 3 unspecified atom stereocenters. The number of hydrogen-bond donors (Lipinski definition) is 1. The van der Waals surface area contributed by atoms with Crippen molar-refractivity contribution in [1.82, 2.24) is 4.90 Å². The third-order valence-electron chi connectivity index (χ3n) is 4.15. The van der Waals surface area contributed by atoms with Crippen LogP contribution in [-0.4, -0.2) is 34.5 Å². The van der Waals surface area contributed by atoms with Crippen LogP contribution in [0, 0.1) is 17.3 Å². The number of fused-ring (bicyclic) bond motifs is 1. The van der Waals surface area contributed by atoms with E-state index in [1.54, 1.807) is 6.92 Å². The molecular weight excluding hydrogens is 218 g/mol. The largest absolute Gasteiger partial charge is 0.393 e. The van der Waals surface area contributed by atoms with Crippen molar-refractivity contribution >= 4 is 11.8 Å². The quantitative estimate of drug-likeness (QED) is 0.579. The number of nitrogens with zero attached hydrogens (tertiary/aromatic N) is 1. The molecule has 2 aliphatic rings. The Labute approximate surface area is 102 Å². The van der Waals surface area contributed by atoms with Crippen LogP contribution in [0.25, 0.3) is 0 Å². The molecule has 3 atom stereocenters. The first kappa shape index (κ1) is 12.6. The highest BCUT2D eigenvalue weighted by Crippen LogP contribution is 2.63. The summed E-state index contributed by atoms with van der Waals surface area (Å²) in [5.74, 6) is -0.0948. The van der Waals surface area contributed by atoms with Gasteiger partial charge in [0.2, 0.25) is 11.8 Å². The molecule has 4 nitrogen and oxygen atoms in total. The van der Waals surface area contributed by atoms with Crippen LogP contribution in [0.15, 0.2) is 0 Å². The van der Waals surface area contributed by atoms with Gasteiger partial charge < -0.3 is 5.11 Å². The van der Waals surface area contributed by atoms with Crippen LogP contribution in [0.2, 0.25) is 0 Å². The van der Waals surface area contributed by atoms with Gasteiger partial charge in [-0.15, -0.1) is 0 Å². The highest BCUT2D eigenvalue weighted by Gasteiger charge is 2.72. The Hall–Kier alpha value is -0.900. The molecule has 1 saturated carbocycles. The lowest BCUT2D eigenvalue weighted by molar-refractivity contribution is -0.143. The second kappa shape index (κ2) is 4.09. The van der Waals surface area contributed by atoms with E-state index in [0.717, 1.165) is 19.3 Å². The summed E-state index contributed by atoms with van der Waals surface area (Å²) in [7, 11) is 0. The lowest BCUT2D eigenvalue weighted by Crippen LogP contribution is -2.36. The molecule has 0 aromatic carbocycles. The third-order valence-corrected chi connectivity index (χ3v) is 4.15. The Bertz CT molecular complexity index is 325. The smallest absolute Gasteiger partial charge is 0.233 e. The van der Waals surface area contributed by atoms with Gasteiger partial charge in [-0.05, 0) is 31.6 Å². The van der Waals surface area contributed by atoms with Crippen molar-refractivity contribution in [3.8, 4) is 0 Å². The summed E-state index contributed by atoms with van der Waals surface area (Å²) in [6.45, 7) is 6.25. The van der Waals surface area contributed by atoms with Gasteiger partial charge in [0.25, 0.3) is 0 Å². The summed E-state index contributed by atoms with van der Waals surface area (Å²) >= 11 is 0. The molecule has 96 valence electrons. The van der Waals surface area contributed by atoms with E-state index in [-0.39, 0.29) is 35.2 Å². The summed E-state index contributed by atoms with van der Waals surface area (Å²) in [5, 5.41) is 9.12. The number of carbonyl (C=O) groups excluding carboxylic acids is 2. The van der Waals surface area contributed by atoms with Crippen LogP contribution < -0.4 is 0 Å². The fourth-order valence-corrected chi connectivity index (χ4v) is 2.93. The molecule has 1 aliphatic carbocycles. The minimum atomic E-state index is -0.299. The van der Waals surface area contributed by atoms with Gasteiger partial charge in [0.15, 0.2) is 0 Å². The van der Waals surface area contributed by atoms with E-state index in [0.29, 0.717) is 6.54 Å². The number of rotatable bonds is 5. The van der Waals surface area contributed by atoms with Crippen molar-refractivity contribution in [2.24, 2.45) is 17.3 Å². The molecule has 1 aliphatic heterocycles. The summed E-state index contributed by atoms with van der Waals surface area (Å²) < 4.78 is 0. The Morgan fingerprint density at radius 3 is 2.24 bits per heavy atom. The predicted octanol–water partition coefficient (Wildman–Crippen LogP) is 1.18. The van der Waals surface area contributed by atoms with Gasteiger partial charge in [0, 0.05) is 6.54 Å². The number of aliphatic hydroxyl groups excluding tert-OH is 1. The van der Waals surface area contributed by atoms with Crippen LogP contribution in [-0.2, 0) is 9.59 Å². The first-order valence-electron chi connectivity index (χ1n) is 6.40. The average Bonchev–Trinajstić information content (AvgIpc) is 2.68. The number of piperidine rings is 1. The monoisotopic (exact) mass is 239 g/mol. The lowest BCUT2D eigenvalue weighted by Gasteiger charge is -2.20. The third kappa shape index (κ3) is 1.99. The van der Waals surface area contributed by atoms with Gasteiger partial charge in [-0.2, -0.15) is 0 Å². The van der Waals surface area contributed by atoms with Gasteiger partial charge in [-0.3, -0.25) is 14.5 Å². The minimum absolute atomic E-state index is 0.0158. The molecule has 2 amide bonds. The maximum atomic E-state index is 12.0.